The van der Waals surface area contributed by atoms with Crippen molar-refractivity contribution in [3.05, 3.63) is 168 Å². The lowest BCUT2D eigenvalue weighted by molar-refractivity contribution is 0.660. The molecule has 0 saturated carbocycles. The summed E-state index contributed by atoms with van der Waals surface area (Å²) >= 11 is 0. The van der Waals surface area contributed by atoms with Crippen LogP contribution in [0.25, 0.3) is 83.4 Å². The standard InChI is InChI=1S/C48H36N2O/c1-29-24-25-32(27-37(29)38-28-39-34-16-8-9-20-40(34)48(3,4)41(39)26-30(38)2)33-17-12-18-35-36-19-13-23-44(46(36)51-45(33)35)50-43-22-11-10-21-42(43)49-47(50)31-14-6-5-7-15-31/h5-28H,1-4H3. The van der Waals surface area contributed by atoms with Crippen LogP contribution in [-0.2, 0) is 5.41 Å². The Morgan fingerprint density at radius 2 is 1.22 bits per heavy atom. The maximum absolute atomic E-state index is 7.01. The Bertz CT molecular complexity index is 2850. The fourth-order valence-electron chi connectivity index (χ4n) is 8.49. The molecule has 244 valence electrons. The first-order valence-electron chi connectivity index (χ1n) is 17.7. The molecular formula is C48H36N2O. The van der Waals surface area contributed by atoms with Gasteiger partial charge in [0.15, 0.2) is 5.58 Å². The van der Waals surface area contributed by atoms with Gasteiger partial charge in [-0.1, -0.05) is 129 Å². The average Bonchev–Trinajstić information content (AvgIpc) is 3.80. The number of imidazole rings is 1. The second-order valence-electron chi connectivity index (χ2n) is 14.5. The fraction of sp³-hybridized carbons (Fsp3) is 0.104. The van der Waals surface area contributed by atoms with Gasteiger partial charge in [0.1, 0.15) is 11.4 Å². The van der Waals surface area contributed by atoms with E-state index in [4.69, 9.17) is 9.40 Å². The maximum Gasteiger partial charge on any atom is 0.159 e. The molecular weight excluding hydrogens is 621 g/mol. The van der Waals surface area contributed by atoms with Crippen molar-refractivity contribution in [1.82, 2.24) is 9.55 Å². The van der Waals surface area contributed by atoms with E-state index in [9.17, 15) is 0 Å². The number of fused-ring (bicyclic) bond motifs is 7. The summed E-state index contributed by atoms with van der Waals surface area (Å²) in [5.41, 5.74) is 18.5. The summed E-state index contributed by atoms with van der Waals surface area (Å²) in [6.45, 7) is 9.17. The number of hydrogen-bond acceptors (Lipinski definition) is 2. The molecule has 3 heteroatoms. The Labute approximate surface area is 297 Å². The predicted octanol–water partition coefficient (Wildman–Crippen LogP) is 12.8. The molecule has 0 amide bonds. The van der Waals surface area contributed by atoms with Crippen molar-refractivity contribution < 1.29 is 4.42 Å². The van der Waals surface area contributed by atoms with Crippen LogP contribution in [0.1, 0.15) is 36.1 Å². The summed E-state index contributed by atoms with van der Waals surface area (Å²) in [6.07, 6.45) is 0. The lowest BCUT2D eigenvalue weighted by atomic mass is 9.81. The molecule has 51 heavy (non-hydrogen) atoms. The number of aryl methyl sites for hydroxylation is 2. The number of nitrogens with zero attached hydrogens (tertiary/aromatic N) is 2. The SMILES string of the molecule is Cc1ccc(-c2cccc3c2oc2c(-n4c(-c5ccccc5)nc5ccccc54)cccc23)cc1-c1cc2c(cc1C)C(C)(C)c1ccccc1-2. The van der Waals surface area contributed by atoms with E-state index in [0.717, 1.165) is 61.2 Å². The fourth-order valence-corrected chi connectivity index (χ4v) is 8.49. The van der Waals surface area contributed by atoms with Gasteiger partial charge in [0, 0.05) is 27.3 Å². The summed E-state index contributed by atoms with van der Waals surface area (Å²) in [4.78, 5) is 5.10. The first kappa shape index (κ1) is 29.7. The van der Waals surface area contributed by atoms with Gasteiger partial charge >= 0.3 is 0 Å². The van der Waals surface area contributed by atoms with Gasteiger partial charge in [0.2, 0.25) is 0 Å². The molecule has 0 saturated heterocycles. The molecule has 2 heterocycles. The van der Waals surface area contributed by atoms with Crippen LogP contribution in [0.2, 0.25) is 0 Å². The smallest absolute Gasteiger partial charge is 0.159 e. The molecule has 1 aliphatic carbocycles. The molecule has 7 aromatic carbocycles. The first-order valence-corrected chi connectivity index (χ1v) is 17.7. The molecule has 3 nitrogen and oxygen atoms in total. The third kappa shape index (κ3) is 4.34. The van der Waals surface area contributed by atoms with Gasteiger partial charge in [-0.15, -0.1) is 0 Å². The zero-order chi connectivity index (χ0) is 34.4. The molecule has 0 atom stereocenters. The summed E-state index contributed by atoms with van der Waals surface area (Å²) in [5, 5.41) is 2.19. The Hall–Kier alpha value is -6.19. The third-order valence-electron chi connectivity index (χ3n) is 11.1. The highest BCUT2D eigenvalue weighted by molar-refractivity contribution is 6.12. The molecule has 0 bridgehead atoms. The summed E-state index contributed by atoms with van der Waals surface area (Å²) in [7, 11) is 0. The average molecular weight is 657 g/mol. The van der Waals surface area contributed by atoms with E-state index in [1.165, 1.54) is 44.5 Å². The van der Waals surface area contributed by atoms with Crippen molar-refractivity contribution >= 4 is 33.0 Å². The van der Waals surface area contributed by atoms with Crippen LogP contribution in [0.5, 0.6) is 0 Å². The van der Waals surface area contributed by atoms with Crippen LogP contribution in [0.15, 0.2) is 150 Å². The number of hydrogen-bond donors (Lipinski definition) is 0. The first-order chi connectivity index (χ1) is 24.9. The molecule has 10 rings (SSSR count). The monoisotopic (exact) mass is 656 g/mol. The summed E-state index contributed by atoms with van der Waals surface area (Å²) < 4.78 is 9.25. The van der Waals surface area contributed by atoms with E-state index in [2.05, 4.69) is 166 Å². The van der Waals surface area contributed by atoms with Crippen molar-refractivity contribution in [2.75, 3.05) is 0 Å². The van der Waals surface area contributed by atoms with Gasteiger partial charge in [-0.25, -0.2) is 4.98 Å². The van der Waals surface area contributed by atoms with Crippen LogP contribution in [-0.4, -0.2) is 9.55 Å². The van der Waals surface area contributed by atoms with E-state index >= 15 is 0 Å². The molecule has 0 unspecified atom stereocenters. The highest BCUT2D eigenvalue weighted by atomic mass is 16.3. The van der Waals surface area contributed by atoms with E-state index < -0.39 is 0 Å². The topological polar surface area (TPSA) is 31.0 Å². The van der Waals surface area contributed by atoms with Gasteiger partial charge < -0.3 is 4.42 Å². The third-order valence-corrected chi connectivity index (χ3v) is 11.1. The number of furan rings is 1. The molecule has 0 spiro atoms. The van der Waals surface area contributed by atoms with E-state index in [-0.39, 0.29) is 5.41 Å². The Kier molecular flexibility index (Phi) is 6.35. The second kappa shape index (κ2) is 10.9. The molecule has 0 radical (unpaired) electrons. The van der Waals surface area contributed by atoms with Crippen LogP contribution in [0, 0.1) is 13.8 Å². The number of aromatic nitrogens is 2. The number of benzene rings is 7. The highest BCUT2D eigenvalue weighted by Gasteiger charge is 2.35. The van der Waals surface area contributed by atoms with Crippen LogP contribution in [0.3, 0.4) is 0 Å². The molecule has 0 aliphatic heterocycles. The quantitative estimate of drug-likeness (QED) is 0.189. The largest absolute Gasteiger partial charge is 0.453 e. The van der Waals surface area contributed by atoms with Crippen molar-refractivity contribution in [2.45, 2.75) is 33.1 Å². The highest BCUT2D eigenvalue weighted by Crippen LogP contribution is 2.51. The van der Waals surface area contributed by atoms with Gasteiger partial charge in [-0.2, -0.15) is 0 Å². The number of para-hydroxylation sites is 4. The zero-order valence-corrected chi connectivity index (χ0v) is 29.2. The zero-order valence-electron chi connectivity index (χ0n) is 29.2. The van der Waals surface area contributed by atoms with E-state index in [0.29, 0.717) is 0 Å². The van der Waals surface area contributed by atoms with Crippen molar-refractivity contribution in [1.29, 1.82) is 0 Å². The second-order valence-corrected chi connectivity index (χ2v) is 14.5. The Morgan fingerprint density at radius 3 is 2.08 bits per heavy atom. The molecule has 0 fully saturated rings. The summed E-state index contributed by atoms with van der Waals surface area (Å²) in [6, 6.07) is 52.3. The Balaban J connectivity index is 1.16. The minimum absolute atomic E-state index is 0.0211. The van der Waals surface area contributed by atoms with Crippen LogP contribution < -0.4 is 0 Å². The van der Waals surface area contributed by atoms with Crippen LogP contribution >= 0.6 is 0 Å². The van der Waals surface area contributed by atoms with Crippen molar-refractivity contribution in [3.63, 3.8) is 0 Å². The molecule has 0 N–H and O–H groups in total. The van der Waals surface area contributed by atoms with E-state index in [1.54, 1.807) is 0 Å². The number of rotatable bonds is 4. The molecule has 1 aliphatic rings. The summed E-state index contributed by atoms with van der Waals surface area (Å²) in [5.74, 6) is 0.892. The minimum atomic E-state index is -0.0211. The normalized spacial score (nSPS) is 13.3. The van der Waals surface area contributed by atoms with Gasteiger partial charge in [0.05, 0.1) is 16.7 Å². The predicted molar refractivity (Wildman–Crippen MR) is 212 cm³/mol. The molecule has 2 aromatic heterocycles. The lowest BCUT2D eigenvalue weighted by Gasteiger charge is -2.22. The van der Waals surface area contributed by atoms with Crippen LogP contribution in [0.4, 0.5) is 0 Å². The lowest BCUT2D eigenvalue weighted by Crippen LogP contribution is -2.15. The maximum atomic E-state index is 7.01. The molecule has 9 aromatic rings. The minimum Gasteiger partial charge on any atom is -0.453 e. The Morgan fingerprint density at radius 1 is 0.510 bits per heavy atom. The van der Waals surface area contributed by atoms with Gasteiger partial charge in [0.25, 0.3) is 0 Å². The van der Waals surface area contributed by atoms with Gasteiger partial charge in [-0.3, -0.25) is 4.57 Å². The van der Waals surface area contributed by atoms with Crippen molar-refractivity contribution in [2.24, 2.45) is 0 Å². The van der Waals surface area contributed by atoms with Gasteiger partial charge in [-0.05, 0) is 94.3 Å². The van der Waals surface area contributed by atoms with Crippen molar-refractivity contribution in [3.8, 4) is 50.5 Å². The van der Waals surface area contributed by atoms with E-state index in [1.807, 2.05) is 12.1 Å².